The predicted molar refractivity (Wildman–Crippen MR) is 63.9 cm³/mol. The van der Waals surface area contributed by atoms with Gasteiger partial charge < -0.3 is 9.16 Å². The van der Waals surface area contributed by atoms with Gasteiger partial charge in [-0.1, -0.05) is 0 Å². The molecule has 0 saturated carbocycles. The Bertz CT molecular complexity index is 186. The summed E-state index contributed by atoms with van der Waals surface area (Å²) < 4.78 is 11.3. The van der Waals surface area contributed by atoms with Crippen molar-refractivity contribution in [3.05, 3.63) is 12.3 Å². The van der Waals surface area contributed by atoms with Crippen molar-refractivity contribution in [1.82, 2.24) is 0 Å². The van der Waals surface area contributed by atoms with Crippen LogP contribution < -0.4 is 0 Å². The van der Waals surface area contributed by atoms with Crippen LogP contribution in [0.4, 0.5) is 0 Å². The molecule has 0 rings (SSSR count). The maximum Gasteiger partial charge on any atom is 0.241 e. The summed E-state index contributed by atoms with van der Waals surface area (Å²) in [5.41, 5.74) is -0.0943. The molecule has 3 heteroatoms. The SMILES string of the molecule is CC(C=CO[Si](C)(C)C)OC(C)(C)C. The van der Waals surface area contributed by atoms with Gasteiger partial charge in [-0.25, -0.2) is 0 Å². The molecule has 0 aromatic heterocycles. The Labute approximate surface area is 89.4 Å². The highest BCUT2D eigenvalue weighted by Gasteiger charge is 2.15. The average molecular weight is 216 g/mol. The zero-order chi connectivity index (χ0) is 11.4. The lowest BCUT2D eigenvalue weighted by molar-refractivity contribution is -0.0303. The normalized spacial score (nSPS) is 15.9. The fourth-order valence-corrected chi connectivity index (χ4v) is 1.44. The molecule has 0 saturated heterocycles. The summed E-state index contributed by atoms with van der Waals surface area (Å²) >= 11 is 0. The molecule has 1 atom stereocenters. The van der Waals surface area contributed by atoms with E-state index in [1.54, 1.807) is 6.26 Å². The Kier molecular flexibility index (Phi) is 4.88. The van der Waals surface area contributed by atoms with Gasteiger partial charge in [-0.2, -0.15) is 0 Å². The van der Waals surface area contributed by atoms with Gasteiger partial charge >= 0.3 is 0 Å². The van der Waals surface area contributed by atoms with Gasteiger partial charge in [-0.15, -0.1) is 0 Å². The van der Waals surface area contributed by atoms with E-state index in [1.807, 2.05) is 13.0 Å². The van der Waals surface area contributed by atoms with E-state index < -0.39 is 8.32 Å². The highest BCUT2D eigenvalue weighted by atomic mass is 28.4. The molecule has 0 aromatic rings. The van der Waals surface area contributed by atoms with Crippen LogP contribution in [0.1, 0.15) is 27.7 Å². The van der Waals surface area contributed by atoms with Crippen molar-refractivity contribution in [3.63, 3.8) is 0 Å². The van der Waals surface area contributed by atoms with E-state index in [2.05, 4.69) is 40.4 Å². The molecule has 0 amide bonds. The lowest BCUT2D eigenvalue weighted by atomic mass is 10.2. The fourth-order valence-electron chi connectivity index (χ4n) is 0.951. The van der Waals surface area contributed by atoms with Gasteiger partial charge in [0.15, 0.2) is 0 Å². The number of hydrogen-bond donors (Lipinski definition) is 0. The first-order valence-electron chi connectivity index (χ1n) is 5.12. The minimum atomic E-state index is -1.43. The molecule has 0 spiro atoms. The molecule has 1 unspecified atom stereocenters. The third-order valence-electron chi connectivity index (χ3n) is 1.31. The number of ether oxygens (including phenoxy) is 1. The van der Waals surface area contributed by atoms with Crippen LogP contribution >= 0.6 is 0 Å². The van der Waals surface area contributed by atoms with Gasteiger partial charge in [0, 0.05) is 0 Å². The van der Waals surface area contributed by atoms with Crippen LogP contribution in [0.2, 0.25) is 19.6 Å². The van der Waals surface area contributed by atoms with Crippen LogP contribution in [0.15, 0.2) is 12.3 Å². The second-order valence-electron chi connectivity index (χ2n) is 5.49. The van der Waals surface area contributed by atoms with Crippen LogP contribution in [0, 0.1) is 0 Å². The summed E-state index contributed by atoms with van der Waals surface area (Å²) in [7, 11) is -1.43. The Morgan fingerprint density at radius 3 is 2.00 bits per heavy atom. The summed E-state index contributed by atoms with van der Waals surface area (Å²) in [6.45, 7) is 14.7. The lowest BCUT2D eigenvalue weighted by Crippen LogP contribution is -2.25. The minimum Gasteiger partial charge on any atom is -0.550 e. The van der Waals surface area contributed by atoms with Crippen molar-refractivity contribution in [1.29, 1.82) is 0 Å². The van der Waals surface area contributed by atoms with Gasteiger partial charge in [0.2, 0.25) is 8.32 Å². The summed E-state index contributed by atoms with van der Waals surface area (Å²) in [4.78, 5) is 0. The molecular weight excluding hydrogens is 192 g/mol. The van der Waals surface area contributed by atoms with Gasteiger partial charge in [0.1, 0.15) is 0 Å². The molecule has 0 radical (unpaired) electrons. The predicted octanol–water partition coefficient (Wildman–Crippen LogP) is 3.56. The summed E-state index contributed by atoms with van der Waals surface area (Å²) in [6, 6.07) is 0. The first-order valence-corrected chi connectivity index (χ1v) is 8.53. The first-order chi connectivity index (χ1) is 6.10. The summed E-state index contributed by atoms with van der Waals surface area (Å²) in [5, 5.41) is 0. The second-order valence-corrected chi connectivity index (χ2v) is 9.95. The Morgan fingerprint density at radius 2 is 1.64 bits per heavy atom. The third kappa shape index (κ3) is 9.80. The van der Waals surface area contributed by atoms with E-state index in [0.717, 1.165) is 0 Å². The molecule has 0 aliphatic rings. The van der Waals surface area contributed by atoms with Crippen LogP contribution in [0.5, 0.6) is 0 Å². The minimum absolute atomic E-state index is 0.0943. The molecule has 0 N–H and O–H groups in total. The molecule has 0 aliphatic carbocycles. The monoisotopic (exact) mass is 216 g/mol. The van der Waals surface area contributed by atoms with Crippen LogP contribution in [0.25, 0.3) is 0 Å². The summed E-state index contributed by atoms with van der Waals surface area (Å²) in [6.07, 6.45) is 3.85. The van der Waals surface area contributed by atoms with E-state index in [0.29, 0.717) is 0 Å². The largest absolute Gasteiger partial charge is 0.550 e. The van der Waals surface area contributed by atoms with Gasteiger partial charge in [0.25, 0.3) is 0 Å². The molecule has 0 heterocycles. The number of hydrogen-bond acceptors (Lipinski definition) is 2. The molecule has 0 aromatic carbocycles. The van der Waals surface area contributed by atoms with E-state index in [-0.39, 0.29) is 11.7 Å². The van der Waals surface area contributed by atoms with Crippen LogP contribution in [-0.2, 0) is 9.16 Å². The summed E-state index contributed by atoms with van der Waals surface area (Å²) in [5.74, 6) is 0. The van der Waals surface area contributed by atoms with E-state index in [9.17, 15) is 0 Å². The number of rotatable bonds is 4. The molecular formula is C11H24O2Si. The van der Waals surface area contributed by atoms with Crippen LogP contribution in [-0.4, -0.2) is 20.0 Å². The van der Waals surface area contributed by atoms with E-state index >= 15 is 0 Å². The molecule has 14 heavy (non-hydrogen) atoms. The topological polar surface area (TPSA) is 18.5 Å². The van der Waals surface area contributed by atoms with Crippen molar-refractivity contribution < 1.29 is 9.16 Å². The average Bonchev–Trinajstić information content (AvgIpc) is 1.78. The van der Waals surface area contributed by atoms with Crippen LogP contribution in [0.3, 0.4) is 0 Å². The quantitative estimate of drug-likeness (QED) is 0.528. The highest BCUT2D eigenvalue weighted by molar-refractivity contribution is 6.69. The molecule has 0 fully saturated rings. The van der Waals surface area contributed by atoms with Gasteiger partial charge in [-0.3, -0.25) is 0 Å². The molecule has 2 nitrogen and oxygen atoms in total. The smallest absolute Gasteiger partial charge is 0.241 e. The van der Waals surface area contributed by atoms with Crippen molar-refractivity contribution in [3.8, 4) is 0 Å². The highest BCUT2D eigenvalue weighted by Crippen LogP contribution is 2.11. The third-order valence-corrected chi connectivity index (χ3v) is 2.15. The first kappa shape index (κ1) is 13.7. The van der Waals surface area contributed by atoms with Crippen molar-refractivity contribution in [2.45, 2.75) is 59.0 Å². The molecule has 0 aliphatic heterocycles. The second kappa shape index (κ2) is 4.98. The van der Waals surface area contributed by atoms with Gasteiger partial charge in [0.05, 0.1) is 18.0 Å². The maximum atomic E-state index is 5.70. The fraction of sp³-hybridized carbons (Fsp3) is 0.818. The van der Waals surface area contributed by atoms with E-state index in [1.165, 1.54) is 0 Å². The zero-order valence-electron chi connectivity index (χ0n) is 10.5. The Hall–Kier alpha value is -0.283. The zero-order valence-corrected chi connectivity index (χ0v) is 11.5. The Morgan fingerprint density at radius 1 is 1.14 bits per heavy atom. The lowest BCUT2D eigenvalue weighted by Gasteiger charge is -2.23. The van der Waals surface area contributed by atoms with Gasteiger partial charge in [-0.05, 0) is 53.4 Å². The van der Waals surface area contributed by atoms with E-state index in [4.69, 9.17) is 9.16 Å². The Balaban J connectivity index is 3.89. The maximum absolute atomic E-state index is 5.70. The van der Waals surface area contributed by atoms with Crippen molar-refractivity contribution in [2.24, 2.45) is 0 Å². The van der Waals surface area contributed by atoms with Crippen molar-refractivity contribution >= 4 is 8.32 Å². The molecule has 84 valence electrons. The van der Waals surface area contributed by atoms with Crippen molar-refractivity contribution in [2.75, 3.05) is 0 Å². The molecule has 0 bridgehead atoms. The standard InChI is InChI=1S/C11H24O2Si/c1-10(13-11(2,3)4)8-9-12-14(5,6)7/h8-10H,1-7H3.